The highest BCUT2D eigenvalue weighted by molar-refractivity contribution is 5.41. The predicted molar refractivity (Wildman–Crippen MR) is 53.6 cm³/mol. The van der Waals surface area contributed by atoms with Gasteiger partial charge in [-0.3, -0.25) is 0 Å². The minimum Gasteiger partial charge on any atom is -0.486 e. The summed E-state index contributed by atoms with van der Waals surface area (Å²) < 4.78 is 11.4. The maximum Gasteiger partial charge on any atom is 0.161 e. The largest absolute Gasteiger partial charge is 0.486 e. The molecule has 76 valence electrons. The van der Waals surface area contributed by atoms with Crippen LogP contribution in [0.2, 0.25) is 0 Å². The van der Waals surface area contributed by atoms with Crippen LogP contribution >= 0.6 is 0 Å². The second-order valence-corrected chi connectivity index (χ2v) is 4.13. The maximum atomic E-state index is 9.07. The van der Waals surface area contributed by atoms with Gasteiger partial charge in [0.2, 0.25) is 0 Å². The lowest BCUT2D eigenvalue weighted by Gasteiger charge is -2.29. The van der Waals surface area contributed by atoms with Crippen molar-refractivity contribution in [3.63, 3.8) is 0 Å². The number of hydrogen-bond acceptors (Lipinski definition) is 3. The third-order valence-corrected chi connectivity index (χ3v) is 3.14. The zero-order chi connectivity index (χ0) is 10.3. The summed E-state index contributed by atoms with van der Waals surface area (Å²) in [6.45, 7) is 0.491. The van der Waals surface area contributed by atoms with Crippen LogP contribution in [-0.4, -0.2) is 12.7 Å². The second-order valence-electron chi connectivity index (χ2n) is 4.13. The van der Waals surface area contributed by atoms with Crippen molar-refractivity contribution in [3.8, 4) is 17.6 Å². The lowest BCUT2D eigenvalue weighted by molar-refractivity contribution is 0.0559. The van der Waals surface area contributed by atoms with E-state index in [-0.39, 0.29) is 11.5 Å². The van der Waals surface area contributed by atoms with E-state index in [0.717, 1.165) is 24.3 Å². The van der Waals surface area contributed by atoms with Crippen molar-refractivity contribution in [1.82, 2.24) is 0 Å². The molecule has 0 bridgehead atoms. The Labute approximate surface area is 88.2 Å². The summed E-state index contributed by atoms with van der Waals surface area (Å²) in [6.07, 6.45) is 1.76. The first-order valence-corrected chi connectivity index (χ1v) is 5.14. The fourth-order valence-corrected chi connectivity index (χ4v) is 1.93. The van der Waals surface area contributed by atoms with Crippen LogP contribution in [0.4, 0.5) is 0 Å². The first-order chi connectivity index (χ1) is 7.34. The molecule has 0 saturated heterocycles. The van der Waals surface area contributed by atoms with Crippen LogP contribution in [0.3, 0.4) is 0 Å². The number of hydrogen-bond donors (Lipinski definition) is 0. The minimum atomic E-state index is -0.284. The topological polar surface area (TPSA) is 42.2 Å². The Balaban J connectivity index is 1.87. The summed E-state index contributed by atoms with van der Waals surface area (Å²) in [5.74, 6) is 1.54. The molecule has 0 radical (unpaired) electrons. The predicted octanol–water partition coefficient (Wildman–Crippen LogP) is 2.13. The van der Waals surface area contributed by atoms with E-state index in [1.807, 2.05) is 24.3 Å². The Kier molecular flexibility index (Phi) is 1.66. The van der Waals surface area contributed by atoms with Crippen molar-refractivity contribution in [2.24, 2.45) is 5.41 Å². The van der Waals surface area contributed by atoms with Gasteiger partial charge in [0.25, 0.3) is 0 Å². The highest BCUT2D eigenvalue weighted by Gasteiger charge is 2.53. The highest BCUT2D eigenvalue weighted by atomic mass is 16.6. The highest BCUT2D eigenvalue weighted by Crippen LogP contribution is 2.51. The lowest BCUT2D eigenvalue weighted by Crippen LogP contribution is -2.36. The summed E-state index contributed by atoms with van der Waals surface area (Å²) in [7, 11) is 0. The maximum absolute atomic E-state index is 9.07. The molecule has 1 aliphatic heterocycles. The van der Waals surface area contributed by atoms with Gasteiger partial charge in [0.05, 0.1) is 11.5 Å². The van der Waals surface area contributed by atoms with Crippen LogP contribution in [-0.2, 0) is 0 Å². The van der Waals surface area contributed by atoms with Gasteiger partial charge in [-0.2, -0.15) is 5.26 Å². The molecule has 0 N–H and O–H groups in total. The van der Waals surface area contributed by atoms with Gasteiger partial charge in [-0.1, -0.05) is 12.1 Å². The van der Waals surface area contributed by atoms with Crippen molar-refractivity contribution < 1.29 is 9.47 Å². The van der Waals surface area contributed by atoms with E-state index in [1.54, 1.807) is 0 Å². The zero-order valence-electron chi connectivity index (χ0n) is 8.27. The first kappa shape index (κ1) is 8.60. The molecule has 1 aromatic rings. The van der Waals surface area contributed by atoms with E-state index >= 15 is 0 Å². The van der Waals surface area contributed by atoms with Crippen molar-refractivity contribution in [2.45, 2.75) is 18.9 Å². The molecule has 1 saturated carbocycles. The SMILES string of the molecule is N#CC1(C2COc3ccccc3O2)CC1. The van der Waals surface area contributed by atoms with Gasteiger partial charge in [-0.05, 0) is 25.0 Å². The summed E-state index contributed by atoms with van der Waals surface area (Å²) in [4.78, 5) is 0. The first-order valence-electron chi connectivity index (χ1n) is 5.14. The van der Waals surface area contributed by atoms with Crippen molar-refractivity contribution in [2.75, 3.05) is 6.61 Å². The summed E-state index contributed by atoms with van der Waals surface area (Å²) in [5.41, 5.74) is -0.284. The number of nitrogens with zero attached hydrogens (tertiary/aromatic N) is 1. The number of para-hydroxylation sites is 2. The lowest BCUT2D eigenvalue weighted by atomic mass is 10.0. The van der Waals surface area contributed by atoms with E-state index in [9.17, 15) is 0 Å². The summed E-state index contributed by atoms with van der Waals surface area (Å²) in [5, 5.41) is 9.07. The molecule has 3 nitrogen and oxygen atoms in total. The quantitative estimate of drug-likeness (QED) is 0.699. The molecule has 1 atom stereocenters. The Hall–Kier alpha value is -1.69. The molecule has 1 aliphatic carbocycles. The van der Waals surface area contributed by atoms with E-state index in [0.29, 0.717) is 6.61 Å². The van der Waals surface area contributed by atoms with Gasteiger partial charge in [0, 0.05) is 0 Å². The van der Waals surface area contributed by atoms with E-state index < -0.39 is 0 Å². The molecular weight excluding hydrogens is 190 g/mol. The number of nitriles is 1. The molecular formula is C12H11NO2. The third-order valence-electron chi connectivity index (χ3n) is 3.14. The van der Waals surface area contributed by atoms with Crippen LogP contribution in [0, 0.1) is 16.7 Å². The Morgan fingerprint density at radius 2 is 2.00 bits per heavy atom. The molecule has 1 unspecified atom stereocenters. The minimum absolute atomic E-state index is 0.0996. The number of fused-ring (bicyclic) bond motifs is 1. The smallest absolute Gasteiger partial charge is 0.161 e. The van der Waals surface area contributed by atoms with Gasteiger partial charge >= 0.3 is 0 Å². The van der Waals surface area contributed by atoms with Crippen LogP contribution in [0.5, 0.6) is 11.5 Å². The molecule has 0 aromatic heterocycles. The molecule has 1 heterocycles. The molecule has 0 spiro atoms. The van der Waals surface area contributed by atoms with Crippen LogP contribution in [0.1, 0.15) is 12.8 Å². The van der Waals surface area contributed by atoms with Crippen LogP contribution < -0.4 is 9.47 Å². The van der Waals surface area contributed by atoms with E-state index in [1.165, 1.54) is 0 Å². The van der Waals surface area contributed by atoms with Crippen molar-refractivity contribution in [3.05, 3.63) is 24.3 Å². The molecule has 2 aliphatic rings. The van der Waals surface area contributed by atoms with Gasteiger partial charge < -0.3 is 9.47 Å². The molecule has 1 aromatic carbocycles. The molecule has 3 rings (SSSR count). The fraction of sp³-hybridized carbons (Fsp3) is 0.417. The third kappa shape index (κ3) is 1.25. The molecule has 1 fully saturated rings. The van der Waals surface area contributed by atoms with Crippen LogP contribution in [0.15, 0.2) is 24.3 Å². The van der Waals surface area contributed by atoms with Gasteiger partial charge in [0.1, 0.15) is 6.61 Å². The fourth-order valence-electron chi connectivity index (χ4n) is 1.93. The van der Waals surface area contributed by atoms with Gasteiger partial charge in [-0.25, -0.2) is 0 Å². The standard InChI is InChI=1S/C12H11NO2/c13-8-12(5-6-12)11-7-14-9-3-1-2-4-10(9)15-11/h1-4,11H,5-7H2. The number of ether oxygens (including phenoxy) is 2. The normalized spacial score (nSPS) is 25.4. The second kappa shape index (κ2) is 2.90. The van der Waals surface area contributed by atoms with Crippen molar-refractivity contribution >= 4 is 0 Å². The average molecular weight is 201 g/mol. The van der Waals surface area contributed by atoms with Crippen LogP contribution in [0.25, 0.3) is 0 Å². The summed E-state index contributed by atoms with van der Waals surface area (Å²) >= 11 is 0. The zero-order valence-corrected chi connectivity index (χ0v) is 8.27. The number of rotatable bonds is 1. The molecule has 15 heavy (non-hydrogen) atoms. The Morgan fingerprint density at radius 3 is 2.67 bits per heavy atom. The van der Waals surface area contributed by atoms with E-state index in [2.05, 4.69) is 6.07 Å². The van der Waals surface area contributed by atoms with Gasteiger partial charge in [-0.15, -0.1) is 0 Å². The monoisotopic (exact) mass is 201 g/mol. The molecule has 3 heteroatoms. The Morgan fingerprint density at radius 1 is 1.27 bits per heavy atom. The number of benzene rings is 1. The average Bonchev–Trinajstić information content (AvgIpc) is 3.09. The summed E-state index contributed by atoms with van der Waals surface area (Å²) in [6, 6.07) is 9.95. The van der Waals surface area contributed by atoms with Gasteiger partial charge in [0.15, 0.2) is 17.6 Å². The molecule has 0 amide bonds. The van der Waals surface area contributed by atoms with Crippen molar-refractivity contribution in [1.29, 1.82) is 5.26 Å². The Bertz CT molecular complexity index is 431. The van der Waals surface area contributed by atoms with E-state index in [4.69, 9.17) is 14.7 Å².